The number of unbranched alkanes of at least 4 members (excludes halogenated alkanes) is 24. The quantitative estimate of drug-likeness (QED) is 0.0255. The molecule has 0 radical (unpaired) electrons. The normalized spacial score (nSPS) is 22.1. The Morgan fingerprint density at radius 1 is 0.655 bits per heavy atom. The summed E-state index contributed by atoms with van der Waals surface area (Å²) in [5.74, 6) is -0.669. The average molecular weight is 812 g/mol. The fourth-order valence-electron chi connectivity index (χ4n) is 7.23. The zero-order valence-electron chi connectivity index (χ0n) is 34.4. The maximum Gasteiger partial charge on any atom is 0.397 e. The molecule has 0 saturated carbocycles. The average Bonchev–Trinajstić information content (AvgIpc) is 3.15. The van der Waals surface area contributed by atoms with Crippen molar-refractivity contribution in [2.45, 2.75) is 243 Å². The summed E-state index contributed by atoms with van der Waals surface area (Å²) in [4.78, 5) is 13.1. The van der Waals surface area contributed by atoms with Crippen LogP contribution in [0.1, 0.15) is 194 Å². The largest absolute Gasteiger partial charge is 0.397 e. The number of hydrogen-bond acceptors (Lipinski definition) is 11. The molecule has 0 aliphatic carbocycles. The van der Waals surface area contributed by atoms with Gasteiger partial charge in [-0.3, -0.25) is 9.35 Å². The number of carbonyl (C=O) groups is 1. The van der Waals surface area contributed by atoms with Crippen molar-refractivity contribution in [3.8, 4) is 0 Å². The second-order valence-corrected chi connectivity index (χ2v) is 16.8. The molecule has 1 heterocycles. The Balaban J connectivity index is 2.52. The van der Waals surface area contributed by atoms with Gasteiger partial charge in [0.1, 0.15) is 30.5 Å². The molecule has 0 spiro atoms. The molecule has 0 aromatic carbocycles. The first-order valence-corrected chi connectivity index (χ1v) is 23.4. The van der Waals surface area contributed by atoms with Gasteiger partial charge in [-0.2, -0.15) is 8.42 Å². The Morgan fingerprint density at radius 2 is 1.05 bits per heavy atom. The van der Waals surface area contributed by atoms with Crippen LogP contribution in [0.2, 0.25) is 0 Å². The number of ether oxygens (including phenoxy) is 2. The highest BCUT2D eigenvalue weighted by molar-refractivity contribution is 7.80. The Kier molecular flexibility index (Phi) is 31.2. The van der Waals surface area contributed by atoms with Gasteiger partial charge in [-0.05, 0) is 12.8 Å². The van der Waals surface area contributed by atoms with Crippen molar-refractivity contribution < 1.29 is 57.0 Å². The summed E-state index contributed by atoms with van der Waals surface area (Å²) in [5, 5.41) is 55.1. The third-order valence-corrected chi connectivity index (χ3v) is 11.2. The van der Waals surface area contributed by atoms with Crippen molar-refractivity contribution in [3.05, 3.63) is 0 Å². The molecular formula is C41H81NO12S. The van der Waals surface area contributed by atoms with Gasteiger partial charge in [0, 0.05) is 0 Å². The third kappa shape index (κ3) is 25.9. The number of amides is 1. The van der Waals surface area contributed by atoms with Crippen LogP contribution in [0.25, 0.3) is 0 Å². The van der Waals surface area contributed by atoms with E-state index in [4.69, 9.17) is 14.0 Å². The van der Waals surface area contributed by atoms with Crippen molar-refractivity contribution >= 4 is 16.3 Å². The molecule has 55 heavy (non-hydrogen) atoms. The summed E-state index contributed by atoms with van der Waals surface area (Å²) < 4.78 is 47.4. The molecule has 1 rings (SSSR count). The van der Waals surface area contributed by atoms with Crippen LogP contribution in [-0.2, 0) is 28.9 Å². The molecule has 8 unspecified atom stereocenters. The van der Waals surface area contributed by atoms with Gasteiger partial charge in [0.15, 0.2) is 6.29 Å². The molecule has 8 atom stereocenters. The third-order valence-electron chi connectivity index (χ3n) is 10.8. The topological polar surface area (TPSA) is 212 Å². The first kappa shape index (κ1) is 52.1. The predicted molar refractivity (Wildman–Crippen MR) is 215 cm³/mol. The Labute approximate surface area is 333 Å². The molecule has 1 aliphatic heterocycles. The molecule has 14 heteroatoms. The highest BCUT2D eigenvalue weighted by Crippen LogP contribution is 2.26. The van der Waals surface area contributed by atoms with E-state index in [-0.39, 0.29) is 6.42 Å². The van der Waals surface area contributed by atoms with Crippen LogP contribution in [0.4, 0.5) is 0 Å². The second-order valence-electron chi connectivity index (χ2n) is 15.8. The van der Waals surface area contributed by atoms with Gasteiger partial charge in [0.25, 0.3) is 0 Å². The lowest BCUT2D eigenvalue weighted by molar-refractivity contribution is -0.298. The summed E-state index contributed by atoms with van der Waals surface area (Å²) in [6.07, 6.45) is 20.2. The molecule has 0 aromatic rings. The second kappa shape index (κ2) is 33.0. The zero-order chi connectivity index (χ0) is 40.7. The standard InChI is InChI=1S/C41H81NO12S/c1-3-5-7-9-11-13-14-15-16-17-18-19-20-22-24-26-28-30-35(45)40(48)42-33(34(44)29-27-25-23-21-12-10-8-6-4-2)32-52-41-38(47)39(54-55(49,50)51)37(46)36(31-43)53-41/h33-39,41,43-47H,3-32H2,1-2H3,(H,42,48)(H,49,50,51). The summed E-state index contributed by atoms with van der Waals surface area (Å²) in [5.41, 5.74) is 0. The van der Waals surface area contributed by atoms with Crippen molar-refractivity contribution in [3.63, 3.8) is 0 Å². The van der Waals surface area contributed by atoms with Gasteiger partial charge in [-0.15, -0.1) is 0 Å². The Bertz CT molecular complexity index is 1020. The molecule has 1 saturated heterocycles. The zero-order valence-corrected chi connectivity index (χ0v) is 35.2. The van der Waals surface area contributed by atoms with E-state index in [9.17, 15) is 38.7 Å². The fourth-order valence-corrected chi connectivity index (χ4v) is 7.74. The van der Waals surface area contributed by atoms with E-state index in [1.54, 1.807) is 0 Å². The van der Waals surface area contributed by atoms with Crippen molar-refractivity contribution in [2.75, 3.05) is 13.2 Å². The number of aliphatic hydroxyl groups is 5. The van der Waals surface area contributed by atoms with E-state index in [1.807, 2.05) is 0 Å². The number of rotatable bonds is 37. The summed E-state index contributed by atoms with van der Waals surface area (Å²) in [6, 6.07) is -1.03. The van der Waals surface area contributed by atoms with Gasteiger partial charge in [-0.25, -0.2) is 4.18 Å². The van der Waals surface area contributed by atoms with Gasteiger partial charge in [0.05, 0.1) is 25.4 Å². The molecule has 0 aromatic heterocycles. The van der Waals surface area contributed by atoms with Crippen LogP contribution < -0.4 is 5.32 Å². The van der Waals surface area contributed by atoms with E-state index >= 15 is 0 Å². The van der Waals surface area contributed by atoms with Crippen LogP contribution >= 0.6 is 0 Å². The molecule has 7 N–H and O–H groups in total. The van der Waals surface area contributed by atoms with E-state index < -0.39 is 78.5 Å². The minimum absolute atomic E-state index is 0.265. The van der Waals surface area contributed by atoms with Crippen LogP contribution in [0.15, 0.2) is 0 Å². The Morgan fingerprint density at radius 3 is 1.45 bits per heavy atom. The fraction of sp³-hybridized carbons (Fsp3) is 0.976. The number of nitrogens with one attached hydrogen (secondary N) is 1. The molecular weight excluding hydrogens is 731 g/mol. The number of carbonyl (C=O) groups excluding carboxylic acids is 1. The monoisotopic (exact) mass is 812 g/mol. The van der Waals surface area contributed by atoms with Crippen LogP contribution in [0.5, 0.6) is 0 Å². The minimum Gasteiger partial charge on any atom is -0.394 e. The molecule has 1 amide bonds. The van der Waals surface area contributed by atoms with Crippen LogP contribution in [-0.4, -0.2) is 107 Å². The van der Waals surface area contributed by atoms with E-state index in [0.29, 0.717) is 19.3 Å². The molecule has 1 aliphatic rings. The molecule has 1 fully saturated rings. The number of hydrogen-bond donors (Lipinski definition) is 7. The lowest BCUT2D eigenvalue weighted by Crippen LogP contribution is -2.61. The minimum atomic E-state index is -5.10. The number of aliphatic hydroxyl groups excluding tert-OH is 5. The van der Waals surface area contributed by atoms with Crippen molar-refractivity contribution in [1.29, 1.82) is 0 Å². The van der Waals surface area contributed by atoms with Gasteiger partial charge in [0.2, 0.25) is 5.91 Å². The highest BCUT2D eigenvalue weighted by Gasteiger charge is 2.48. The van der Waals surface area contributed by atoms with Crippen molar-refractivity contribution in [1.82, 2.24) is 5.32 Å². The first-order chi connectivity index (χ1) is 26.4. The van der Waals surface area contributed by atoms with Gasteiger partial charge < -0.3 is 40.3 Å². The molecule has 328 valence electrons. The SMILES string of the molecule is CCCCCCCCCCCCCCCCCCCC(O)C(=O)NC(COC1OC(CO)C(O)C(OS(=O)(=O)O)C1O)C(O)CCCCCCCCCCC. The lowest BCUT2D eigenvalue weighted by atomic mass is 9.99. The van der Waals surface area contributed by atoms with E-state index in [1.165, 1.54) is 116 Å². The van der Waals surface area contributed by atoms with Crippen LogP contribution in [0, 0.1) is 0 Å². The lowest BCUT2D eigenvalue weighted by Gasteiger charge is -2.41. The smallest absolute Gasteiger partial charge is 0.394 e. The first-order valence-electron chi connectivity index (χ1n) is 22.0. The van der Waals surface area contributed by atoms with Crippen LogP contribution in [0.3, 0.4) is 0 Å². The predicted octanol–water partition coefficient (Wildman–Crippen LogP) is 6.80. The summed E-state index contributed by atoms with van der Waals surface area (Å²) in [7, 11) is -5.10. The van der Waals surface area contributed by atoms with Crippen molar-refractivity contribution in [2.24, 2.45) is 0 Å². The summed E-state index contributed by atoms with van der Waals surface area (Å²) >= 11 is 0. The maximum atomic E-state index is 13.1. The van der Waals surface area contributed by atoms with E-state index in [0.717, 1.165) is 38.5 Å². The summed E-state index contributed by atoms with van der Waals surface area (Å²) in [6.45, 7) is 3.24. The maximum absolute atomic E-state index is 13.1. The Hall–Kier alpha value is -0.940. The molecule has 13 nitrogen and oxygen atoms in total. The van der Waals surface area contributed by atoms with E-state index in [2.05, 4.69) is 23.3 Å². The van der Waals surface area contributed by atoms with Gasteiger partial charge >= 0.3 is 10.4 Å². The highest BCUT2D eigenvalue weighted by atomic mass is 32.3. The molecule has 0 bridgehead atoms. The van der Waals surface area contributed by atoms with Gasteiger partial charge in [-0.1, -0.05) is 181 Å².